The van der Waals surface area contributed by atoms with Crippen molar-refractivity contribution in [2.45, 2.75) is 24.9 Å². The fourth-order valence-corrected chi connectivity index (χ4v) is 7.06. The third-order valence-electron chi connectivity index (χ3n) is 8.10. The van der Waals surface area contributed by atoms with E-state index in [1.54, 1.807) is 36.9 Å². The van der Waals surface area contributed by atoms with Crippen LogP contribution in [0.3, 0.4) is 0 Å². The molecule has 39 heavy (non-hydrogen) atoms. The molecule has 6 rings (SSSR count). The van der Waals surface area contributed by atoms with E-state index in [1.807, 2.05) is 54.8 Å². The molecular weight excluding hydrogens is 514 g/mol. The molecule has 3 amide bonds. The average molecular weight is 544 g/mol. The highest BCUT2D eigenvalue weighted by Gasteiger charge is 2.71. The molecule has 0 bridgehead atoms. The minimum atomic E-state index is -1.46. The number of rotatable bonds is 7. The van der Waals surface area contributed by atoms with Gasteiger partial charge in [-0.1, -0.05) is 54.6 Å². The maximum absolute atomic E-state index is 14.4. The van der Waals surface area contributed by atoms with Crippen molar-refractivity contribution in [3.8, 4) is 0 Å². The zero-order valence-electron chi connectivity index (χ0n) is 21.8. The number of anilines is 2. The Kier molecular flexibility index (Phi) is 6.43. The largest absolute Gasteiger partial charge is 0.465 e. The number of benzene rings is 3. The fraction of sp³-hybridized carbons (Fsp3) is 0.333. The Morgan fingerprint density at radius 2 is 1.69 bits per heavy atom. The lowest BCUT2D eigenvalue weighted by atomic mass is 9.76. The number of thioether (sulfide) groups is 1. The first-order chi connectivity index (χ1) is 18.9. The van der Waals surface area contributed by atoms with E-state index >= 15 is 0 Å². The topological polar surface area (TPSA) is 96.0 Å². The van der Waals surface area contributed by atoms with Crippen molar-refractivity contribution in [2.75, 3.05) is 35.0 Å². The summed E-state index contributed by atoms with van der Waals surface area (Å²) >= 11 is 1.65. The lowest BCUT2D eigenvalue weighted by Crippen LogP contribution is -2.55. The Bertz CT molecular complexity index is 1500. The van der Waals surface area contributed by atoms with Gasteiger partial charge >= 0.3 is 5.97 Å². The molecule has 0 radical (unpaired) electrons. The standard InChI is InChI=1S/C30H29N3O5S/c1-3-38-24(34)17-32-23-13-7-6-12-20(23)30(29(32)37)26-25(21(31-30)15-16-39-2)27(35)33(28(26)36)22-14-8-10-18-9-4-5-11-19(18)22/h4-14,21,25-26,31H,3,15-17H2,1-2H3/t21-,25+,26+,30+/m0/s1. The van der Waals surface area contributed by atoms with E-state index in [-0.39, 0.29) is 19.1 Å². The SMILES string of the molecule is CCOC(=O)CN1C(=O)[C@@]2(N[C@@H](CCSC)[C@H]3C(=O)N(c4cccc5ccccc45)C(=O)[C@@H]32)c2ccccc21. The van der Waals surface area contributed by atoms with Crippen LogP contribution in [0.1, 0.15) is 18.9 Å². The van der Waals surface area contributed by atoms with Crippen LogP contribution in [-0.4, -0.2) is 54.9 Å². The molecule has 1 spiro atoms. The Morgan fingerprint density at radius 3 is 2.49 bits per heavy atom. The number of amides is 3. The number of nitrogens with one attached hydrogen (secondary N) is 1. The number of nitrogens with zero attached hydrogens (tertiary/aromatic N) is 2. The monoisotopic (exact) mass is 543 g/mol. The highest BCUT2D eigenvalue weighted by molar-refractivity contribution is 7.98. The second-order valence-electron chi connectivity index (χ2n) is 10.1. The number of hydrogen-bond acceptors (Lipinski definition) is 7. The van der Waals surface area contributed by atoms with Gasteiger partial charge in [0.25, 0.3) is 5.91 Å². The lowest BCUT2D eigenvalue weighted by molar-refractivity contribution is -0.142. The number of ether oxygens (including phenoxy) is 1. The van der Waals surface area contributed by atoms with E-state index in [9.17, 15) is 19.2 Å². The van der Waals surface area contributed by atoms with Gasteiger partial charge in [-0.15, -0.1) is 0 Å². The summed E-state index contributed by atoms with van der Waals surface area (Å²) in [4.78, 5) is 58.1. The van der Waals surface area contributed by atoms with Crippen LogP contribution >= 0.6 is 11.8 Å². The van der Waals surface area contributed by atoms with Crippen molar-refractivity contribution in [1.29, 1.82) is 0 Å². The Labute approximate surface area is 230 Å². The molecule has 3 aliphatic rings. The average Bonchev–Trinajstić information content (AvgIpc) is 3.51. The normalized spacial score (nSPS) is 25.6. The second-order valence-corrected chi connectivity index (χ2v) is 11.1. The molecule has 8 nitrogen and oxygen atoms in total. The minimum absolute atomic E-state index is 0.195. The van der Waals surface area contributed by atoms with Crippen LogP contribution in [0.2, 0.25) is 0 Å². The number of hydrogen-bond donors (Lipinski definition) is 1. The van der Waals surface area contributed by atoms with E-state index < -0.39 is 41.2 Å². The molecule has 3 aliphatic heterocycles. The first-order valence-corrected chi connectivity index (χ1v) is 14.5. The maximum atomic E-state index is 14.4. The molecule has 0 unspecified atom stereocenters. The Morgan fingerprint density at radius 1 is 0.974 bits per heavy atom. The van der Waals surface area contributed by atoms with Crippen molar-refractivity contribution < 1.29 is 23.9 Å². The van der Waals surface area contributed by atoms with E-state index in [2.05, 4.69) is 5.32 Å². The number of carbonyl (C=O) groups excluding carboxylic acids is 4. The van der Waals surface area contributed by atoms with Crippen molar-refractivity contribution in [3.05, 3.63) is 72.3 Å². The summed E-state index contributed by atoms with van der Waals surface area (Å²) in [6.45, 7) is 1.64. The zero-order chi connectivity index (χ0) is 27.3. The molecule has 3 aromatic carbocycles. The van der Waals surface area contributed by atoms with Crippen LogP contribution in [0.15, 0.2) is 66.7 Å². The van der Waals surface area contributed by atoms with Gasteiger partial charge in [-0.25, -0.2) is 4.90 Å². The molecule has 0 aromatic heterocycles. The first kappa shape index (κ1) is 25.6. The molecule has 2 saturated heterocycles. The number of imide groups is 1. The van der Waals surface area contributed by atoms with Gasteiger partial charge in [-0.2, -0.15) is 11.8 Å². The number of carbonyl (C=O) groups is 4. The van der Waals surface area contributed by atoms with Crippen LogP contribution in [0.25, 0.3) is 10.8 Å². The van der Waals surface area contributed by atoms with Crippen LogP contribution in [0.4, 0.5) is 11.4 Å². The molecule has 9 heteroatoms. The lowest BCUT2D eigenvalue weighted by Gasteiger charge is -2.30. The van der Waals surface area contributed by atoms with Crippen molar-refractivity contribution in [2.24, 2.45) is 11.8 Å². The van der Waals surface area contributed by atoms with E-state index in [4.69, 9.17) is 4.74 Å². The van der Waals surface area contributed by atoms with Crippen molar-refractivity contribution >= 4 is 57.6 Å². The van der Waals surface area contributed by atoms with Crippen molar-refractivity contribution in [3.63, 3.8) is 0 Å². The van der Waals surface area contributed by atoms with Crippen LogP contribution in [0, 0.1) is 11.8 Å². The molecule has 1 N–H and O–H groups in total. The molecule has 200 valence electrons. The minimum Gasteiger partial charge on any atom is -0.465 e. The molecular formula is C30H29N3O5S. The van der Waals surface area contributed by atoms with Gasteiger partial charge < -0.3 is 4.74 Å². The summed E-state index contributed by atoms with van der Waals surface area (Å²) < 4.78 is 5.15. The third kappa shape index (κ3) is 3.71. The maximum Gasteiger partial charge on any atom is 0.326 e. The quantitative estimate of drug-likeness (QED) is 0.360. The molecule has 2 fully saturated rings. The molecule has 4 atom stereocenters. The summed E-state index contributed by atoms with van der Waals surface area (Å²) in [5.74, 6) is -2.54. The van der Waals surface area contributed by atoms with Crippen molar-refractivity contribution in [1.82, 2.24) is 5.32 Å². The Balaban J connectivity index is 1.50. The summed E-state index contributed by atoms with van der Waals surface area (Å²) in [7, 11) is 0. The van der Waals surface area contributed by atoms with Gasteiger partial charge in [0.2, 0.25) is 11.8 Å². The second kappa shape index (κ2) is 9.81. The first-order valence-electron chi connectivity index (χ1n) is 13.1. The highest BCUT2D eigenvalue weighted by Crippen LogP contribution is 2.55. The van der Waals surface area contributed by atoms with Crippen LogP contribution in [-0.2, 0) is 29.5 Å². The predicted octanol–water partition coefficient (Wildman–Crippen LogP) is 3.48. The molecule has 3 aromatic rings. The van der Waals surface area contributed by atoms with Crippen LogP contribution < -0.4 is 15.1 Å². The molecule has 3 heterocycles. The summed E-state index contributed by atoms with van der Waals surface area (Å²) in [5.41, 5.74) is 0.236. The van der Waals surface area contributed by atoms with E-state index in [1.165, 1.54) is 9.80 Å². The molecule has 0 aliphatic carbocycles. The third-order valence-corrected chi connectivity index (χ3v) is 8.74. The summed E-state index contributed by atoms with van der Waals surface area (Å²) in [5, 5.41) is 5.21. The molecule has 0 saturated carbocycles. The van der Waals surface area contributed by atoms with E-state index in [0.717, 1.165) is 16.5 Å². The van der Waals surface area contributed by atoms with Crippen LogP contribution in [0.5, 0.6) is 0 Å². The predicted molar refractivity (Wildman–Crippen MR) is 150 cm³/mol. The number of esters is 1. The van der Waals surface area contributed by atoms with Gasteiger partial charge in [0.05, 0.1) is 24.1 Å². The van der Waals surface area contributed by atoms with Gasteiger partial charge in [0.15, 0.2) is 0 Å². The summed E-state index contributed by atoms with van der Waals surface area (Å²) in [6, 6.07) is 20.0. The van der Waals surface area contributed by atoms with Gasteiger partial charge in [-0.05, 0) is 42.9 Å². The van der Waals surface area contributed by atoms with Gasteiger partial charge in [-0.3, -0.25) is 29.4 Å². The zero-order valence-corrected chi connectivity index (χ0v) is 22.6. The van der Waals surface area contributed by atoms with Gasteiger partial charge in [0, 0.05) is 22.7 Å². The van der Waals surface area contributed by atoms with Gasteiger partial charge in [0.1, 0.15) is 12.1 Å². The summed E-state index contributed by atoms with van der Waals surface area (Å²) in [6.07, 6.45) is 2.60. The Hall–Kier alpha value is -3.69. The highest BCUT2D eigenvalue weighted by atomic mass is 32.2. The number of para-hydroxylation sites is 1. The number of fused-ring (bicyclic) bond motifs is 5. The van der Waals surface area contributed by atoms with E-state index in [0.29, 0.717) is 23.4 Å². The smallest absolute Gasteiger partial charge is 0.326 e. The fourth-order valence-electron chi connectivity index (χ4n) is 6.57.